The van der Waals surface area contributed by atoms with Crippen LogP contribution < -0.4 is 0 Å². The van der Waals surface area contributed by atoms with E-state index in [4.69, 9.17) is 10.2 Å². The maximum Gasteiger partial charge on any atom is 0.303 e. The molecule has 0 aromatic rings. The Balaban J connectivity index is 0. The molecular weight excluding hydrogens is 232 g/mol. The first-order chi connectivity index (χ1) is 8.54. The topological polar surface area (TPSA) is 74.6 Å². The fourth-order valence-corrected chi connectivity index (χ4v) is 1.45. The third-order valence-electron chi connectivity index (χ3n) is 2.46. The lowest BCUT2D eigenvalue weighted by Gasteiger charge is -1.98. The maximum atomic E-state index is 10.1. The standard InChI is InChI=1S/C10H20O2.C4H8O2/c1-2-3-4-5-6-7-8-9-10(11)12;1-2-3-4(5)6/h2-9H2,1H3,(H,11,12);2-3H2,1H3,(H,5,6). The minimum atomic E-state index is -0.711. The molecule has 2 N–H and O–H groups in total. The SMILES string of the molecule is CCCC(=O)O.CCCCCCCCCC(=O)O. The van der Waals surface area contributed by atoms with E-state index >= 15 is 0 Å². The zero-order valence-corrected chi connectivity index (χ0v) is 11.8. The van der Waals surface area contributed by atoms with E-state index in [1.54, 1.807) is 0 Å². The van der Waals surface area contributed by atoms with Crippen LogP contribution in [0.15, 0.2) is 0 Å². The van der Waals surface area contributed by atoms with Gasteiger partial charge in [-0.2, -0.15) is 0 Å². The fraction of sp³-hybridized carbons (Fsp3) is 0.857. The first kappa shape index (κ1) is 19.3. The molecule has 0 saturated carbocycles. The third kappa shape index (κ3) is 24.3. The molecule has 0 radical (unpaired) electrons. The molecule has 18 heavy (non-hydrogen) atoms. The predicted molar refractivity (Wildman–Crippen MR) is 72.8 cm³/mol. The van der Waals surface area contributed by atoms with Crippen LogP contribution in [-0.2, 0) is 9.59 Å². The van der Waals surface area contributed by atoms with E-state index < -0.39 is 11.9 Å². The van der Waals surface area contributed by atoms with Crippen LogP contribution in [0.4, 0.5) is 0 Å². The Morgan fingerprint density at radius 1 is 0.667 bits per heavy atom. The second kappa shape index (κ2) is 15.9. The Bertz CT molecular complexity index is 202. The highest BCUT2D eigenvalue weighted by Gasteiger charge is 1.95. The van der Waals surface area contributed by atoms with Gasteiger partial charge in [-0.3, -0.25) is 9.59 Å². The van der Waals surface area contributed by atoms with E-state index in [1.807, 2.05) is 6.92 Å². The summed E-state index contributed by atoms with van der Waals surface area (Å²) < 4.78 is 0. The zero-order chi connectivity index (χ0) is 14.2. The first-order valence-corrected chi connectivity index (χ1v) is 6.98. The molecule has 0 atom stereocenters. The van der Waals surface area contributed by atoms with E-state index in [0.717, 1.165) is 19.3 Å². The molecule has 0 heterocycles. The lowest BCUT2D eigenvalue weighted by molar-refractivity contribution is -0.138. The van der Waals surface area contributed by atoms with Gasteiger partial charge in [-0.05, 0) is 12.8 Å². The van der Waals surface area contributed by atoms with E-state index in [2.05, 4.69) is 6.92 Å². The molecule has 0 aliphatic rings. The van der Waals surface area contributed by atoms with Crippen molar-refractivity contribution in [1.29, 1.82) is 0 Å². The minimum absolute atomic E-state index is 0.292. The summed E-state index contributed by atoms with van der Waals surface area (Å²) in [4.78, 5) is 19.7. The number of hydrogen-bond acceptors (Lipinski definition) is 2. The summed E-state index contributed by atoms with van der Waals surface area (Å²) in [6, 6.07) is 0. The molecule has 0 amide bonds. The van der Waals surface area contributed by atoms with Crippen LogP contribution in [0.2, 0.25) is 0 Å². The van der Waals surface area contributed by atoms with Crippen LogP contribution in [0, 0.1) is 0 Å². The molecule has 108 valence electrons. The highest BCUT2D eigenvalue weighted by Crippen LogP contribution is 2.07. The number of carboxylic acids is 2. The molecule has 0 saturated heterocycles. The lowest BCUT2D eigenvalue weighted by Crippen LogP contribution is -1.93. The monoisotopic (exact) mass is 260 g/mol. The summed E-state index contributed by atoms with van der Waals surface area (Å²) in [5.74, 6) is -1.37. The normalized spacial score (nSPS) is 9.44. The lowest BCUT2D eigenvalue weighted by atomic mass is 10.1. The molecule has 0 rings (SSSR count). The van der Waals surface area contributed by atoms with Crippen molar-refractivity contribution in [3.8, 4) is 0 Å². The van der Waals surface area contributed by atoms with Gasteiger partial charge >= 0.3 is 11.9 Å². The van der Waals surface area contributed by atoms with Gasteiger partial charge in [-0.1, -0.05) is 52.4 Å². The largest absolute Gasteiger partial charge is 0.481 e. The Kier molecular flexibility index (Phi) is 17.1. The number of aliphatic carboxylic acids is 2. The van der Waals surface area contributed by atoms with Crippen molar-refractivity contribution in [3.63, 3.8) is 0 Å². The summed E-state index contributed by atoms with van der Waals surface area (Å²) in [5.41, 5.74) is 0. The van der Waals surface area contributed by atoms with Gasteiger partial charge in [-0.15, -0.1) is 0 Å². The van der Waals surface area contributed by atoms with Crippen molar-refractivity contribution in [3.05, 3.63) is 0 Å². The van der Waals surface area contributed by atoms with Crippen molar-refractivity contribution >= 4 is 11.9 Å². The summed E-state index contributed by atoms with van der Waals surface area (Å²) in [6.07, 6.45) is 9.67. The van der Waals surface area contributed by atoms with E-state index in [1.165, 1.54) is 32.1 Å². The molecule has 0 aromatic carbocycles. The molecule has 0 unspecified atom stereocenters. The summed E-state index contributed by atoms with van der Waals surface area (Å²) in [5, 5.41) is 16.3. The van der Waals surface area contributed by atoms with Crippen LogP contribution in [0.1, 0.15) is 78.1 Å². The van der Waals surface area contributed by atoms with E-state index in [-0.39, 0.29) is 0 Å². The molecular formula is C14H28O4. The van der Waals surface area contributed by atoms with Crippen molar-refractivity contribution in [2.45, 2.75) is 78.1 Å². The number of carbonyl (C=O) groups is 2. The van der Waals surface area contributed by atoms with Crippen LogP contribution in [-0.4, -0.2) is 22.2 Å². The van der Waals surface area contributed by atoms with Crippen LogP contribution in [0.5, 0.6) is 0 Å². The smallest absolute Gasteiger partial charge is 0.303 e. The Hall–Kier alpha value is -1.06. The number of hydrogen-bond donors (Lipinski definition) is 2. The predicted octanol–water partition coefficient (Wildman–Crippen LogP) is 4.08. The number of unbranched alkanes of at least 4 members (excludes halogenated alkanes) is 6. The summed E-state index contributed by atoms with van der Waals surface area (Å²) in [6.45, 7) is 4.04. The van der Waals surface area contributed by atoms with Gasteiger partial charge < -0.3 is 10.2 Å². The number of rotatable bonds is 10. The second-order valence-electron chi connectivity index (χ2n) is 4.41. The minimum Gasteiger partial charge on any atom is -0.481 e. The van der Waals surface area contributed by atoms with Gasteiger partial charge in [-0.25, -0.2) is 0 Å². The molecule has 0 spiro atoms. The zero-order valence-electron chi connectivity index (χ0n) is 11.8. The fourth-order valence-electron chi connectivity index (χ4n) is 1.45. The molecule has 0 fully saturated rings. The summed E-state index contributed by atoms with van der Waals surface area (Å²) >= 11 is 0. The molecule has 0 aliphatic heterocycles. The third-order valence-corrected chi connectivity index (χ3v) is 2.46. The van der Waals surface area contributed by atoms with Gasteiger partial charge in [0, 0.05) is 12.8 Å². The average molecular weight is 260 g/mol. The van der Waals surface area contributed by atoms with Crippen molar-refractivity contribution < 1.29 is 19.8 Å². The molecule has 4 heteroatoms. The highest BCUT2D eigenvalue weighted by molar-refractivity contribution is 5.66. The summed E-state index contributed by atoms with van der Waals surface area (Å²) in [7, 11) is 0. The quantitative estimate of drug-likeness (QED) is 0.580. The molecule has 0 aliphatic carbocycles. The van der Waals surface area contributed by atoms with E-state index in [0.29, 0.717) is 12.8 Å². The maximum absolute atomic E-state index is 10.1. The van der Waals surface area contributed by atoms with Gasteiger partial charge in [0.2, 0.25) is 0 Å². The van der Waals surface area contributed by atoms with Gasteiger partial charge in [0.1, 0.15) is 0 Å². The van der Waals surface area contributed by atoms with Gasteiger partial charge in [0.15, 0.2) is 0 Å². The molecule has 4 nitrogen and oxygen atoms in total. The highest BCUT2D eigenvalue weighted by atomic mass is 16.4. The average Bonchev–Trinajstić information content (AvgIpc) is 2.28. The van der Waals surface area contributed by atoms with Crippen molar-refractivity contribution in [2.24, 2.45) is 0 Å². The molecule has 0 bridgehead atoms. The Morgan fingerprint density at radius 2 is 1.11 bits per heavy atom. The molecule has 0 aromatic heterocycles. The van der Waals surface area contributed by atoms with Crippen molar-refractivity contribution in [2.75, 3.05) is 0 Å². The first-order valence-electron chi connectivity index (χ1n) is 6.98. The van der Waals surface area contributed by atoms with Crippen molar-refractivity contribution in [1.82, 2.24) is 0 Å². The second-order valence-corrected chi connectivity index (χ2v) is 4.41. The Labute approximate surface area is 110 Å². The van der Waals surface area contributed by atoms with E-state index in [9.17, 15) is 9.59 Å². The van der Waals surface area contributed by atoms with Crippen LogP contribution in [0.25, 0.3) is 0 Å². The van der Waals surface area contributed by atoms with Gasteiger partial charge in [0.25, 0.3) is 0 Å². The Morgan fingerprint density at radius 3 is 1.44 bits per heavy atom. The van der Waals surface area contributed by atoms with Crippen LogP contribution in [0.3, 0.4) is 0 Å². The van der Waals surface area contributed by atoms with Gasteiger partial charge in [0.05, 0.1) is 0 Å². The number of carboxylic acid groups (broad SMARTS) is 2. The van der Waals surface area contributed by atoms with Crippen LogP contribution >= 0.6 is 0 Å².